The van der Waals surface area contributed by atoms with Crippen LogP contribution in [0.1, 0.15) is 19.3 Å². The van der Waals surface area contributed by atoms with E-state index in [1.54, 1.807) is 24.5 Å². The molecule has 0 radical (unpaired) electrons. The van der Waals surface area contributed by atoms with E-state index in [1.807, 2.05) is 24.3 Å². The number of hydrogen-bond donors (Lipinski definition) is 1. The van der Waals surface area contributed by atoms with E-state index in [-0.39, 0.29) is 0 Å². The van der Waals surface area contributed by atoms with Crippen molar-refractivity contribution in [1.29, 1.82) is 0 Å². The first-order chi connectivity index (χ1) is 17.0. The molecule has 0 spiro atoms. The number of halogens is 2. The van der Waals surface area contributed by atoms with Gasteiger partial charge in [-0.15, -0.1) is 0 Å². The third-order valence-corrected chi connectivity index (χ3v) is 6.72. The van der Waals surface area contributed by atoms with E-state index in [9.17, 15) is 4.39 Å². The molecule has 0 amide bonds. The first-order valence-corrected chi connectivity index (χ1v) is 12.2. The molecule has 0 saturated carbocycles. The van der Waals surface area contributed by atoms with Crippen LogP contribution in [0, 0.1) is 11.7 Å². The second kappa shape index (κ2) is 10.5. The summed E-state index contributed by atoms with van der Waals surface area (Å²) in [6.07, 6.45) is 6.90. The molecule has 35 heavy (non-hydrogen) atoms. The maximum atomic E-state index is 14.3. The third-order valence-electron chi connectivity index (χ3n) is 6.49. The van der Waals surface area contributed by atoms with Crippen LogP contribution in [0.2, 0.25) is 5.02 Å². The summed E-state index contributed by atoms with van der Waals surface area (Å²) in [7, 11) is 2.18. The minimum Gasteiger partial charge on any atom is -0.494 e. The predicted octanol–water partition coefficient (Wildman–Crippen LogP) is 6.34. The fourth-order valence-corrected chi connectivity index (χ4v) is 4.61. The van der Waals surface area contributed by atoms with Gasteiger partial charge < -0.3 is 15.0 Å². The van der Waals surface area contributed by atoms with Crippen molar-refractivity contribution >= 4 is 33.9 Å². The second-order valence-electron chi connectivity index (χ2n) is 9.00. The lowest BCUT2D eigenvalue weighted by atomic mass is 9.94. The van der Waals surface area contributed by atoms with Crippen molar-refractivity contribution in [1.82, 2.24) is 20.1 Å². The number of fused-ring (bicyclic) bond motifs is 1. The normalized spacial score (nSPS) is 14.8. The molecule has 5 rings (SSSR count). The molecule has 2 aromatic heterocycles. The highest BCUT2D eigenvalue weighted by Crippen LogP contribution is 2.30. The molecule has 0 aliphatic carbocycles. The molecule has 1 fully saturated rings. The molecule has 6 nitrogen and oxygen atoms in total. The molecule has 2 aromatic carbocycles. The molecule has 1 aliphatic heterocycles. The SMILES string of the molecule is CN1CCC(CCOc2ccc3c(Nc4cnnc(-c5cc(Cl)ccc5F)c4)ccnc3c2)CC1. The van der Waals surface area contributed by atoms with E-state index in [2.05, 4.69) is 32.4 Å². The molecular formula is C27H27ClFN5O. The summed E-state index contributed by atoms with van der Waals surface area (Å²) in [4.78, 5) is 6.90. The minimum atomic E-state index is -0.404. The average molecular weight is 492 g/mol. The highest BCUT2D eigenvalue weighted by Gasteiger charge is 2.16. The van der Waals surface area contributed by atoms with Crippen molar-refractivity contribution in [3.05, 3.63) is 71.8 Å². The molecule has 1 saturated heterocycles. The summed E-state index contributed by atoms with van der Waals surface area (Å²) in [5.74, 6) is 1.15. The second-order valence-corrected chi connectivity index (χ2v) is 9.44. The number of nitrogens with one attached hydrogen (secondary N) is 1. The Morgan fingerprint density at radius 3 is 2.83 bits per heavy atom. The van der Waals surface area contributed by atoms with E-state index in [0.29, 0.717) is 28.6 Å². The van der Waals surface area contributed by atoms with Crippen LogP contribution in [0.5, 0.6) is 5.75 Å². The van der Waals surface area contributed by atoms with Crippen molar-refractivity contribution in [2.75, 3.05) is 32.1 Å². The highest BCUT2D eigenvalue weighted by molar-refractivity contribution is 6.30. The largest absolute Gasteiger partial charge is 0.494 e. The minimum absolute atomic E-state index is 0.301. The number of piperidine rings is 1. The fraction of sp³-hybridized carbons (Fsp3) is 0.296. The lowest BCUT2D eigenvalue weighted by Crippen LogP contribution is -2.30. The lowest BCUT2D eigenvalue weighted by molar-refractivity contribution is 0.187. The predicted molar refractivity (Wildman–Crippen MR) is 138 cm³/mol. The summed E-state index contributed by atoms with van der Waals surface area (Å²) < 4.78 is 20.3. The van der Waals surface area contributed by atoms with Crippen LogP contribution in [-0.4, -0.2) is 46.8 Å². The Morgan fingerprint density at radius 1 is 1.11 bits per heavy atom. The van der Waals surface area contributed by atoms with Crippen molar-refractivity contribution in [3.63, 3.8) is 0 Å². The van der Waals surface area contributed by atoms with E-state index in [0.717, 1.165) is 34.7 Å². The van der Waals surface area contributed by atoms with E-state index < -0.39 is 5.82 Å². The van der Waals surface area contributed by atoms with Crippen molar-refractivity contribution in [2.45, 2.75) is 19.3 Å². The van der Waals surface area contributed by atoms with Crippen molar-refractivity contribution in [2.24, 2.45) is 5.92 Å². The molecule has 8 heteroatoms. The summed E-state index contributed by atoms with van der Waals surface area (Å²) >= 11 is 6.04. The molecular weight excluding hydrogens is 465 g/mol. The Balaban J connectivity index is 1.29. The summed E-state index contributed by atoms with van der Waals surface area (Å²) in [6, 6.07) is 13.9. The molecule has 4 aromatic rings. The van der Waals surface area contributed by atoms with Crippen LogP contribution in [0.15, 0.2) is 60.9 Å². The molecule has 0 atom stereocenters. The Bertz CT molecular complexity index is 1330. The summed E-state index contributed by atoms with van der Waals surface area (Å²) in [6.45, 7) is 3.05. The van der Waals surface area contributed by atoms with Gasteiger partial charge in [-0.25, -0.2) is 4.39 Å². The smallest absolute Gasteiger partial charge is 0.132 e. The number of hydrogen-bond acceptors (Lipinski definition) is 6. The van der Waals surface area contributed by atoms with Gasteiger partial charge in [-0.1, -0.05) is 11.6 Å². The number of nitrogens with zero attached hydrogens (tertiary/aromatic N) is 4. The van der Waals surface area contributed by atoms with Gasteiger partial charge in [0.25, 0.3) is 0 Å². The van der Waals surface area contributed by atoms with E-state index >= 15 is 0 Å². The van der Waals surface area contributed by atoms with Crippen LogP contribution >= 0.6 is 11.6 Å². The zero-order valence-corrected chi connectivity index (χ0v) is 20.3. The maximum absolute atomic E-state index is 14.3. The Kier molecular flexibility index (Phi) is 7.06. The zero-order chi connectivity index (χ0) is 24.2. The Hall–Kier alpha value is -3.29. The quantitative estimate of drug-likeness (QED) is 0.325. The van der Waals surface area contributed by atoms with Crippen molar-refractivity contribution in [3.8, 4) is 17.0 Å². The maximum Gasteiger partial charge on any atom is 0.132 e. The number of pyridine rings is 1. The van der Waals surface area contributed by atoms with Crippen LogP contribution in [0.3, 0.4) is 0 Å². The first-order valence-electron chi connectivity index (χ1n) is 11.8. The van der Waals surface area contributed by atoms with Gasteiger partial charge in [-0.3, -0.25) is 4.98 Å². The number of likely N-dealkylation sites (tertiary alicyclic amines) is 1. The monoisotopic (exact) mass is 491 g/mol. The van der Waals surface area contributed by atoms with Crippen molar-refractivity contribution < 1.29 is 9.13 Å². The van der Waals surface area contributed by atoms with Crippen LogP contribution in [-0.2, 0) is 0 Å². The standard InChI is InChI=1S/C27H27ClFN5O/c1-34-11-7-18(8-12-34)9-13-35-21-3-4-22-25(6-10-30-26(22)16-21)32-20-15-27(33-31-17-20)23-14-19(28)2-5-24(23)29/h2-6,10,14-18H,7-9,11-13H2,1H3,(H,30,32,33). The molecule has 3 heterocycles. The van der Waals surface area contributed by atoms with Gasteiger partial charge in [0, 0.05) is 33.9 Å². The van der Waals surface area contributed by atoms with Gasteiger partial charge in [0.2, 0.25) is 0 Å². The lowest BCUT2D eigenvalue weighted by Gasteiger charge is -2.28. The Morgan fingerprint density at radius 2 is 1.97 bits per heavy atom. The first kappa shape index (κ1) is 23.5. The number of benzene rings is 2. The molecule has 0 bridgehead atoms. The van der Waals surface area contributed by atoms with Crippen LogP contribution in [0.25, 0.3) is 22.2 Å². The number of ether oxygens (including phenoxy) is 1. The zero-order valence-electron chi connectivity index (χ0n) is 19.5. The topological polar surface area (TPSA) is 63.2 Å². The molecule has 1 aliphatic rings. The fourth-order valence-electron chi connectivity index (χ4n) is 4.44. The van der Waals surface area contributed by atoms with Gasteiger partial charge >= 0.3 is 0 Å². The summed E-state index contributed by atoms with van der Waals surface area (Å²) in [5, 5.41) is 12.9. The van der Waals surface area contributed by atoms with Gasteiger partial charge in [0.05, 0.1) is 29.7 Å². The van der Waals surface area contributed by atoms with Gasteiger partial charge in [0.15, 0.2) is 0 Å². The van der Waals surface area contributed by atoms with E-state index in [1.165, 1.54) is 38.1 Å². The van der Waals surface area contributed by atoms with Gasteiger partial charge in [-0.05, 0) is 87.8 Å². The number of aromatic nitrogens is 3. The molecule has 1 N–H and O–H groups in total. The Labute approximate surface area is 209 Å². The third kappa shape index (κ3) is 5.69. The molecule has 0 unspecified atom stereocenters. The van der Waals surface area contributed by atoms with E-state index in [4.69, 9.17) is 16.3 Å². The molecule has 180 valence electrons. The average Bonchev–Trinajstić information content (AvgIpc) is 2.87. The van der Waals surface area contributed by atoms with Crippen LogP contribution < -0.4 is 10.1 Å². The number of anilines is 2. The van der Waals surface area contributed by atoms with Gasteiger partial charge in [-0.2, -0.15) is 10.2 Å². The van der Waals surface area contributed by atoms with Gasteiger partial charge in [0.1, 0.15) is 11.6 Å². The number of rotatable bonds is 7. The summed E-state index contributed by atoms with van der Waals surface area (Å²) in [5.41, 5.74) is 3.07. The highest BCUT2D eigenvalue weighted by atomic mass is 35.5. The van der Waals surface area contributed by atoms with Crippen LogP contribution in [0.4, 0.5) is 15.8 Å².